The number of nitrogens with zero attached hydrogens (tertiary/aromatic N) is 1. The van der Waals surface area contributed by atoms with E-state index in [1.54, 1.807) is 30.3 Å². The number of aliphatic hydroxyl groups is 1. The highest BCUT2D eigenvalue weighted by Crippen LogP contribution is 2.44. The van der Waals surface area contributed by atoms with E-state index in [0.29, 0.717) is 16.8 Å². The first-order chi connectivity index (χ1) is 12.3. The number of anilines is 1. The quantitative estimate of drug-likeness (QED) is 0.593. The lowest BCUT2D eigenvalue weighted by Crippen LogP contribution is -2.42. The van der Waals surface area contributed by atoms with Gasteiger partial charge in [0.1, 0.15) is 0 Å². The van der Waals surface area contributed by atoms with Crippen LogP contribution in [0.15, 0.2) is 53.5 Å². The molecule has 0 aromatic heterocycles. The second-order valence-corrected chi connectivity index (χ2v) is 7.56. The van der Waals surface area contributed by atoms with E-state index >= 15 is 0 Å². The van der Waals surface area contributed by atoms with E-state index in [4.69, 9.17) is 0 Å². The second-order valence-electron chi connectivity index (χ2n) is 6.64. The zero-order valence-electron chi connectivity index (χ0n) is 14.8. The maximum absolute atomic E-state index is 13.0. The monoisotopic (exact) mass is 413 g/mol. The first kappa shape index (κ1) is 18.5. The molecule has 0 saturated carbocycles. The van der Waals surface area contributed by atoms with E-state index in [2.05, 4.69) is 22.5 Å². The summed E-state index contributed by atoms with van der Waals surface area (Å²) in [4.78, 5) is 27.3. The van der Waals surface area contributed by atoms with Gasteiger partial charge >= 0.3 is 0 Å². The summed E-state index contributed by atoms with van der Waals surface area (Å²) in [5, 5.41) is 11.3. The molecule has 3 rings (SSSR count). The smallest absolute Gasteiger partial charge is 0.264 e. The molecule has 0 fully saturated rings. The molecule has 5 heteroatoms. The van der Waals surface area contributed by atoms with Crippen LogP contribution in [0.3, 0.4) is 0 Å². The molecule has 1 aliphatic heterocycles. The van der Waals surface area contributed by atoms with Crippen LogP contribution in [0.25, 0.3) is 0 Å². The Morgan fingerprint density at radius 2 is 2.00 bits per heavy atom. The summed E-state index contributed by atoms with van der Waals surface area (Å²) in [7, 11) is 0. The Balaban J connectivity index is 2.04. The summed E-state index contributed by atoms with van der Waals surface area (Å²) in [6, 6.07) is 10.9. The van der Waals surface area contributed by atoms with Crippen molar-refractivity contribution in [3.63, 3.8) is 0 Å². The summed E-state index contributed by atoms with van der Waals surface area (Å²) in [5.41, 5.74) is 1.49. The fourth-order valence-electron chi connectivity index (χ4n) is 3.37. The van der Waals surface area contributed by atoms with Gasteiger partial charge < -0.3 is 10.0 Å². The van der Waals surface area contributed by atoms with Crippen molar-refractivity contribution in [1.82, 2.24) is 0 Å². The molecule has 1 amide bonds. The third-order valence-electron chi connectivity index (χ3n) is 4.72. The summed E-state index contributed by atoms with van der Waals surface area (Å²) in [6.07, 6.45) is 1.30. The van der Waals surface area contributed by atoms with Crippen LogP contribution in [0.2, 0.25) is 0 Å². The van der Waals surface area contributed by atoms with Crippen molar-refractivity contribution >= 4 is 33.3 Å². The summed E-state index contributed by atoms with van der Waals surface area (Å²) < 4.78 is 0.738. The zero-order chi connectivity index (χ0) is 19.1. The first-order valence-corrected chi connectivity index (χ1v) is 9.13. The minimum Gasteiger partial charge on any atom is -0.375 e. The van der Waals surface area contributed by atoms with Crippen LogP contribution in [0.4, 0.5) is 5.69 Å². The van der Waals surface area contributed by atoms with E-state index in [9.17, 15) is 14.7 Å². The number of rotatable bonds is 5. The molecule has 1 heterocycles. The SMILES string of the molecule is C=CCN1C(=O)[C@@](O)(CC(=O)c2cc(C)ccc2C)c2cc(Br)ccc21. The fourth-order valence-corrected chi connectivity index (χ4v) is 3.73. The average molecular weight is 414 g/mol. The van der Waals surface area contributed by atoms with Crippen LogP contribution in [0.1, 0.15) is 33.5 Å². The minimum absolute atomic E-state index is 0.256. The molecule has 26 heavy (non-hydrogen) atoms. The lowest BCUT2D eigenvalue weighted by Gasteiger charge is -2.22. The van der Waals surface area contributed by atoms with Crippen molar-refractivity contribution in [2.24, 2.45) is 0 Å². The van der Waals surface area contributed by atoms with Gasteiger partial charge in [0.25, 0.3) is 5.91 Å². The van der Waals surface area contributed by atoms with E-state index < -0.39 is 11.5 Å². The number of fused-ring (bicyclic) bond motifs is 1. The molecule has 0 saturated heterocycles. The van der Waals surface area contributed by atoms with Crippen LogP contribution in [-0.4, -0.2) is 23.3 Å². The standard InChI is InChI=1S/C21H20BrNO3/c1-4-9-23-18-8-7-15(22)11-17(18)21(26,20(23)25)12-19(24)16-10-13(2)5-6-14(16)3/h4-8,10-11,26H,1,9,12H2,2-3H3/t21-/m1/s1. The third-order valence-corrected chi connectivity index (χ3v) is 5.21. The molecule has 4 nitrogen and oxygen atoms in total. The van der Waals surface area contributed by atoms with Crippen LogP contribution in [0.5, 0.6) is 0 Å². The Morgan fingerprint density at radius 1 is 1.27 bits per heavy atom. The molecular weight excluding hydrogens is 394 g/mol. The lowest BCUT2D eigenvalue weighted by atomic mass is 9.87. The van der Waals surface area contributed by atoms with Gasteiger partial charge in [-0.3, -0.25) is 9.59 Å². The van der Waals surface area contributed by atoms with Crippen molar-refractivity contribution in [3.05, 3.63) is 75.8 Å². The number of ketones is 1. The highest BCUT2D eigenvalue weighted by Gasteiger charge is 2.50. The number of aryl methyl sites for hydroxylation is 2. The van der Waals surface area contributed by atoms with Crippen molar-refractivity contribution in [2.45, 2.75) is 25.9 Å². The first-order valence-electron chi connectivity index (χ1n) is 8.33. The molecule has 1 aliphatic rings. The normalized spacial score (nSPS) is 18.8. The minimum atomic E-state index is -1.88. The third kappa shape index (κ3) is 3.02. The fraction of sp³-hybridized carbons (Fsp3) is 0.238. The van der Waals surface area contributed by atoms with Crippen LogP contribution >= 0.6 is 15.9 Å². The van der Waals surface area contributed by atoms with E-state index in [1.165, 1.54) is 4.90 Å². The molecule has 134 valence electrons. The molecule has 0 unspecified atom stereocenters. The van der Waals surface area contributed by atoms with Crippen LogP contribution in [-0.2, 0) is 10.4 Å². The predicted octanol–water partition coefficient (Wildman–Crippen LogP) is 4.06. The number of Topliss-reactive ketones (excluding diaryl/α,β-unsaturated/α-hetero) is 1. The van der Waals surface area contributed by atoms with Gasteiger partial charge in [0, 0.05) is 22.1 Å². The number of benzene rings is 2. The van der Waals surface area contributed by atoms with Gasteiger partial charge in [-0.05, 0) is 43.7 Å². The molecule has 0 spiro atoms. The average Bonchev–Trinajstić information content (AvgIpc) is 2.79. The van der Waals surface area contributed by atoms with Gasteiger partial charge in [0.2, 0.25) is 0 Å². The summed E-state index contributed by atoms with van der Waals surface area (Å²) in [6.45, 7) is 7.70. The Bertz CT molecular complexity index is 921. The Labute approximate surface area is 161 Å². The Hall–Kier alpha value is -2.24. The maximum atomic E-state index is 13.0. The highest BCUT2D eigenvalue weighted by atomic mass is 79.9. The summed E-state index contributed by atoms with van der Waals surface area (Å²) >= 11 is 3.38. The number of halogens is 1. The second kappa shape index (κ2) is 6.82. The van der Waals surface area contributed by atoms with Crippen molar-refractivity contribution in [3.8, 4) is 0 Å². The maximum Gasteiger partial charge on any atom is 0.264 e. The van der Waals surface area contributed by atoms with Gasteiger partial charge in [-0.1, -0.05) is 39.7 Å². The lowest BCUT2D eigenvalue weighted by molar-refractivity contribution is -0.135. The molecule has 1 N–H and O–H groups in total. The number of hydrogen-bond acceptors (Lipinski definition) is 3. The van der Waals surface area contributed by atoms with Crippen LogP contribution in [0, 0.1) is 13.8 Å². The molecular formula is C21H20BrNO3. The largest absolute Gasteiger partial charge is 0.375 e. The molecule has 1 atom stereocenters. The Kier molecular flexibility index (Phi) is 4.86. The molecule has 0 bridgehead atoms. The highest BCUT2D eigenvalue weighted by molar-refractivity contribution is 9.10. The molecule has 2 aromatic carbocycles. The van der Waals surface area contributed by atoms with Gasteiger partial charge in [0.05, 0.1) is 12.1 Å². The summed E-state index contributed by atoms with van der Waals surface area (Å²) in [5.74, 6) is -0.752. The number of carbonyl (C=O) groups excluding carboxylic acids is 2. The molecule has 2 aromatic rings. The van der Waals surface area contributed by atoms with E-state index in [0.717, 1.165) is 15.6 Å². The number of hydrogen-bond donors (Lipinski definition) is 1. The molecule has 0 aliphatic carbocycles. The molecule has 0 radical (unpaired) electrons. The predicted molar refractivity (Wildman–Crippen MR) is 105 cm³/mol. The van der Waals surface area contributed by atoms with Crippen LogP contribution < -0.4 is 4.90 Å². The topological polar surface area (TPSA) is 57.6 Å². The zero-order valence-corrected chi connectivity index (χ0v) is 16.3. The van der Waals surface area contributed by atoms with Crippen molar-refractivity contribution in [1.29, 1.82) is 0 Å². The van der Waals surface area contributed by atoms with Gasteiger partial charge in [-0.25, -0.2) is 0 Å². The van der Waals surface area contributed by atoms with E-state index in [1.807, 2.05) is 26.0 Å². The van der Waals surface area contributed by atoms with Crippen molar-refractivity contribution in [2.75, 3.05) is 11.4 Å². The van der Waals surface area contributed by atoms with E-state index in [-0.39, 0.29) is 18.7 Å². The van der Waals surface area contributed by atoms with Gasteiger partial charge in [-0.15, -0.1) is 6.58 Å². The van der Waals surface area contributed by atoms with Crippen molar-refractivity contribution < 1.29 is 14.7 Å². The van der Waals surface area contributed by atoms with Gasteiger partial charge in [-0.2, -0.15) is 0 Å². The van der Waals surface area contributed by atoms with Gasteiger partial charge in [0.15, 0.2) is 11.4 Å². The number of carbonyl (C=O) groups is 2. The Morgan fingerprint density at radius 3 is 2.69 bits per heavy atom. The number of amides is 1.